The molecule has 17 heavy (non-hydrogen) atoms. The number of hydrogen-bond acceptors (Lipinski definition) is 2. The van der Waals surface area contributed by atoms with Gasteiger partial charge in [0.25, 0.3) is 0 Å². The Hall–Kier alpha value is -1.06. The Kier molecular flexibility index (Phi) is 3.85. The van der Waals surface area contributed by atoms with Gasteiger partial charge in [-0.25, -0.2) is 0 Å². The Balaban J connectivity index is 3.33. The van der Waals surface area contributed by atoms with E-state index in [4.69, 9.17) is 4.42 Å². The zero-order valence-corrected chi connectivity index (χ0v) is 13.5. The Morgan fingerprint density at radius 2 is 1.76 bits per heavy atom. The fourth-order valence-corrected chi connectivity index (χ4v) is 3.24. The summed E-state index contributed by atoms with van der Waals surface area (Å²) in [6.45, 7) is 13.3. The van der Waals surface area contributed by atoms with Crippen LogP contribution in [-0.2, 0) is 0 Å². The predicted molar refractivity (Wildman–Crippen MR) is 77.3 cm³/mol. The number of hydrogen-bond donors (Lipinski definition) is 0. The number of carbonyl (C=O) groups is 1. The van der Waals surface area contributed by atoms with Gasteiger partial charge in [-0.1, -0.05) is 45.2 Å². The summed E-state index contributed by atoms with van der Waals surface area (Å²) in [4.78, 5) is 11.0. The minimum atomic E-state index is -1.51. The Morgan fingerprint density at radius 1 is 1.18 bits per heavy atom. The van der Waals surface area contributed by atoms with Crippen LogP contribution < -0.4 is 5.19 Å². The van der Waals surface area contributed by atoms with Crippen molar-refractivity contribution in [3.05, 3.63) is 17.6 Å². The molecule has 1 aromatic heterocycles. The standard InChI is InChI=1S/C13H20O2Si2/c1-16(2,3)8-7-11-12(9-14)15-10-13(11)17(4,5)6/h9-10H,1-6H3. The van der Waals surface area contributed by atoms with Crippen LogP contribution in [-0.4, -0.2) is 22.4 Å². The number of furan rings is 1. The molecule has 1 rings (SSSR count). The molecule has 2 nitrogen and oxygen atoms in total. The Labute approximate surface area is 105 Å². The normalized spacial score (nSPS) is 11.9. The summed E-state index contributed by atoms with van der Waals surface area (Å²) < 4.78 is 5.32. The summed E-state index contributed by atoms with van der Waals surface area (Å²) in [5.41, 5.74) is 4.12. The second-order valence-corrected chi connectivity index (χ2v) is 16.0. The van der Waals surface area contributed by atoms with E-state index in [1.165, 1.54) is 0 Å². The third-order valence-electron chi connectivity index (χ3n) is 2.30. The molecule has 0 radical (unpaired) electrons. The van der Waals surface area contributed by atoms with Crippen molar-refractivity contribution in [2.24, 2.45) is 0 Å². The number of rotatable bonds is 2. The van der Waals surface area contributed by atoms with Crippen LogP contribution >= 0.6 is 0 Å². The van der Waals surface area contributed by atoms with Crippen molar-refractivity contribution >= 4 is 27.6 Å². The zero-order valence-electron chi connectivity index (χ0n) is 11.5. The lowest BCUT2D eigenvalue weighted by Crippen LogP contribution is -2.38. The van der Waals surface area contributed by atoms with Crippen LogP contribution in [0, 0.1) is 11.5 Å². The molecule has 0 amide bonds. The first-order chi connectivity index (χ1) is 7.65. The summed E-state index contributed by atoms with van der Waals surface area (Å²) in [6.07, 6.45) is 2.47. The van der Waals surface area contributed by atoms with Crippen LogP contribution in [0.4, 0.5) is 0 Å². The summed E-state index contributed by atoms with van der Waals surface area (Å²) in [5, 5.41) is 1.14. The van der Waals surface area contributed by atoms with Crippen molar-refractivity contribution in [3.8, 4) is 11.5 Å². The van der Waals surface area contributed by atoms with E-state index in [1.807, 2.05) is 0 Å². The van der Waals surface area contributed by atoms with E-state index < -0.39 is 16.1 Å². The summed E-state index contributed by atoms with van der Waals surface area (Å²) >= 11 is 0. The van der Waals surface area contributed by atoms with E-state index in [1.54, 1.807) is 6.26 Å². The second-order valence-electron chi connectivity index (χ2n) is 6.26. The van der Waals surface area contributed by atoms with Gasteiger partial charge < -0.3 is 4.42 Å². The molecule has 0 N–H and O–H groups in total. The van der Waals surface area contributed by atoms with Crippen molar-refractivity contribution < 1.29 is 9.21 Å². The fourth-order valence-electron chi connectivity index (χ4n) is 1.39. The van der Waals surface area contributed by atoms with Gasteiger partial charge in [0.15, 0.2) is 12.0 Å². The summed E-state index contributed by atoms with van der Waals surface area (Å²) in [6, 6.07) is 0. The van der Waals surface area contributed by atoms with E-state index >= 15 is 0 Å². The molecular weight excluding hydrogens is 244 g/mol. The van der Waals surface area contributed by atoms with Gasteiger partial charge in [-0.05, 0) is 5.19 Å². The van der Waals surface area contributed by atoms with E-state index in [0.717, 1.165) is 17.0 Å². The SMILES string of the molecule is C[Si](C)(C)C#Cc1c([Si](C)(C)C)coc1C=O. The van der Waals surface area contributed by atoms with Crippen molar-refractivity contribution in [2.75, 3.05) is 0 Å². The van der Waals surface area contributed by atoms with Gasteiger partial charge >= 0.3 is 0 Å². The third kappa shape index (κ3) is 3.72. The van der Waals surface area contributed by atoms with Gasteiger partial charge in [0.1, 0.15) is 8.07 Å². The van der Waals surface area contributed by atoms with Crippen LogP contribution in [0.15, 0.2) is 10.7 Å². The van der Waals surface area contributed by atoms with E-state index in [0.29, 0.717) is 5.76 Å². The van der Waals surface area contributed by atoms with Crippen molar-refractivity contribution in [2.45, 2.75) is 39.3 Å². The van der Waals surface area contributed by atoms with E-state index in [2.05, 4.69) is 50.7 Å². The molecule has 0 aliphatic heterocycles. The molecule has 0 aliphatic rings. The molecular formula is C13H20O2Si2. The average Bonchev–Trinajstić information content (AvgIpc) is 2.55. The summed E-state index contributed by atoms with van der Waals surface area (Å²) in [5.74, 6) is 3.56. The second kappa shape index (κ2) is 4.67. The first-order valence-electron chi connectivity index (χ1n) is 5.75. The zero-order chi connectivity index (χ0) is 13.3. The Bertz CT molecular complexity index is 476. The van der Waals surface area contributed by atoms with Gasteiger partial charge in [-0.3, -0.25) is 4.79 Å². The van der Waals surface area contributed by atoms with Crippen molar-refractivity contribution in [3.63, 3.8) is 0 Å². The molecule has 1 heterocycles. The van der Waals surface area contributed by atoms with Crippen LogP contribution in [0.25, 0.3) is 0 Å². The highest BCUT2D eigenvalue weighted by molar-refractivity contribution is 6.89. The van der Waals surface area contributed by atoms with Crippen LogP contribution in [0.2, 0.25) is 39.3 Å². The molecule has 0 unspecified atom stereocenters. The smallest absolute Gasteiger partial charge is 0.186 e. The molecule has 0 saturated heterocycles. The Morgan fingerprint density at radius 3 is 2.18 bits per heavy atom. The maximum Gasteiger partial charge on any atom is 0.186 e. The predicted octanol–water partition coefficient (Wildman–Crippen LogP) is 2.87. The number of aldehydes is 1. The van der Waals surface area contributed by atoms with Gasteiger partial charge in [0, 0.05) is 0 Å². The molecule has 0 saturated carbocycles. The van der Waals surface area contributed by atoms with Crippen molar-refractivity contribution in [1.82, 2.24) is 0 Å². The first kappa shape index (κ1) is 14.0. The largest absolute Gasteiger partial charge is 0.460 e. The van der Waals surface area contributed by atoms with Crippen molar-refractivity contribution in [1.29, 1.82) is 0 Å². The van der Waals surface area contributed by atoms with E-state index in [-0.39, 0.29) is 0 Å². The molecule has 4 heteroatoms. The van der Waals surface area contributed by atoms with Crippen LogP contribution in [0.1, 0.15) is 16.1 Å². The lowest BCUT2D eigenvalue weighted by molar-refractivity contribution is 0.110. The van der Waals surface area contributed by atoms with Gasteiger partial charge in [0.05, 0.1) is 19.9 Å². The number of carbonyl (C=O) groups excluding carboxylic acids is 1. The summed E-state index contributed by atoms with van der Waals surface area (Å²) in [7, 11) is -2.94. The highest BCUT2D eigenvalue weighted by Crippen LogP contribution is 2.12. The molecule has 92 valence electrons. The molecule has 0 spiro atoms. The van der Waals surface area contributed by atoms with Crippen LogP contribution in [0.3, 0.4) is 0 Å². The quantitative estimate of drug-likeness (QED) is 0.467. The molecule has 0 aromatic carbocycles. The lowest BCUT2D eigenvalue weighted by atomic mass is 10.3. The maximum atomic E-state index is 11.0. The van der Waals surface area contributed by atoms with Gasteiger partial charge in [0.2, 0.25) is 0 Å². The van der Waals surface area contributed by atoms with Crippen LogP contribution in [0.5, 0.6) is 0 Å². The molecule has 0 bridgehead atoms. The molecule has 0 atom stereocenters. The molecule has 0 fully saturated rings. The molecule has 0 aliphatic carbocycles. The van der Waals surface area contributed by atoms with E-state index in [9.17, 15) is 4.79 Å². The topological polar surface area (TPSA) is 30.2 Å². The molecule has 1 aromatic rings. The maximum absolute atomic E-state index is 11.0. The minimum Gasteiger partial charge on any atom is -0.460 e. The minimum absolute atomic E-state index is 0.383. The third-order valence-corrected chi connectivity index (χ3v) is 5.16. The first-order valence-corrected chi connectivity index (χ1v) is 12.8. The lowest BCUT2D eigenvalue weighted by Gasteiger charge is -2.14. The monoisotopic (exact) mass is 264 g/mol. The van der Waals surface area contributed by atoms with Gasteiger partial charge in [-0.2, -0.15) is 0 Å². The average molecular weight is 264 g/mol. The fraction of sp³-hybridized carbons (Fsp3) is 0.462. The highest BCUT2D eigenvalue weighted by Gasteiger charge is 2.24. The van der Waals surface area contributed by atoms with Gasteiger partial charge in [-0.15, -0.1) is 5.54 Å². The highest BCUT2D eigenvalue weighted by atomic mass is 28.3.